The summed E-state index contributed by atoms with van der Waals surface area (Å²) in [5.74, 6) is 0.419. The Balaban J connectivity index is 1.68. The van der Waals surface area contributed by atoms with Crippen LogP contribution in [0.2, 0.25) is 0 Å². The molecular weight excluding hydrogens is 340 g/mol. The first-order valence-corrected chi connectivity index (χ1v) is 7.59. The third-order valence-corrected chi connectivity index (χ3v) is 3.61. The van der Waals surface area contributed by atoms with Crippen molar-refractivity contribution in [2.75, 3.05) is 7.11 Å². The molecule has 0 radical (unpaired) electrons. The van der Waals surface area contributed by atoms with Gasteiger partial charge in [-0.05, 0) is 30.3 Å². The molecule has 132 valence electrons. The number of nitro benzene ring substituents is 1. The summed E-state index contributed by atoms with van der Waals surface area (Å²) in [4.78, 5) is 22.4. The monoisotopic (exact) mass is 354 g/mol. The van der Waals surface area contributed by atoms with Crippen molar-refractivity contribution in [2.45, 2.75) is 6.61 Å². The maximum Gasteiger partial charge on any atom is 0.345 e. The number of carbonyl (C=O) groups is 1. The zero-order chi connectivity index (χ0) is 18.5. The van der Waals surface area contributed by atoms with E-state index in [0.29, 0.717) is 17.2 Å². The average Bonchev–Trinajstić information content (AvgIpc) is 3.15. The van der Waals surface area contributed by atoms with Crippen molar-refractivity contribution < 1.29 is 23.7 Å². The number of nitrogens with zero attached hydrogens (tertiary/aromatic N) is 2. The van der Waals surface area contributed by atoms with E-state index >= 15 is 0 Å². The highest BCUT2D eigenvalue weighted by Crippen LogP contribution is 2.24. The Hall–Kier alpha value is -3.68. The van der Waals surface area contributed by atoms with Gasteiger partial charge in [-0.25, -0.2) is 4.79 Å². The van der Waals surface area contributed by atoms with Gasteiger partial charge in [-0.2, -0.15) is 0 Å². The topological polar surface area (TPSA) is 105 Å². The Morgan fingerprint density at radius 1 is 1.19 bits per heavy atom. The van der Waals surface area contributed by atoms with E-state index in [-0.39, 0.29) is 17.9 Å². The zero-order valence-electron chi connectivity index (χ0n) is 13.7. The zero-order valence-corrected chi connectivity index (χ0v) is 13.7. The Labute approximate surface area is 148 Å². The molecule has 3 rings (SSSR count). The van der Waals surface area contributed by atoms with E-state index in [1.54, 1.807) is 25.3 Å². The van der Waals surface area contributed by atoms with Crippen molar-refractivity contribution >= 4 is 11.7 Å². The lowest BCUT2D eigenvalue weighted by atomic mass is 10.1. The van der Waals surface area contributed by atoms with Gasteiger partial charge in [0.2, 0.25) is 0 Å². The predicted molar refractivity (Wildman–Crippen MR) is 90.7 cm³/mol. The average molecular weight is 354 g/mol. The number of benzene rings is 2. The molecule has 0 bridgehead atoms. The lowest BCUT2D eigenvalue weighted by Crippen LogP contribution is -2.08. The van der Waals surface area contributed by atoms with Crippen molar-refractivity contribution in [1.29, 1.82) is 0 Å². The van der Waals surface area contributed by atoms with Gasteiger partial charge in [0.15, 0.2) is 5.76 Å². The summed E-state index contributed by atoms with van der Waals surface area (Å²) in [7, 11) is 1.58. The van der Waals surface area contributed by atoms with Crippen LogP contribution in [0.25, 0.3) is 11.3 Å². The van der Waals surface area contributed by atoms with Gasteiger partial charge in [0.05, 0.1) is 12.0 Å². The van der Waals surface area contributed by atoms with Crippen LogP contribution in [0.3, 0.4) is 0 Å². The number of carbonyl (C=O) groups excluding carboxylic acids is 1. The highest BCUT2D eigenvalue weighted by molar-refractivity contribution is 5.93. The number of aromatic nitrogens is 1. The molecule has 1 heterocycles. The highest BCUT2D eigenvalue weighted by atomic mass is 16.6. The number of rotatable bonds is 6. The highest BCUT2D eigenvalue weighted by Gasteiger charge is 2.21. The summed E-state index contributed by atoms with van der Waals surface area (Å²) >= 11 is 0. The Kier molecular flexibility index (Phi) is 4.93. The molecule has 0 unspecified atom stereocenters. The Morgan fingerprint density at radius 3 is 2.62 bits per heavy atom. The molecule has 0 aliphatic heterocycles. The van der Waals surface area contributed by atoms with Crippen molar-refractivity contribution in [2.24, 2.45) is 0 Å². The van der Waals surface area contributed by atoms with Crippen LogP contribution in [0.4, 0.5) is 5.69 Å². The van der Waals surface area contributed by atoms with Gasteiger partial charge in [-0.1, -0.05) is 17.3 Å². The quantitative estimate of drug-likeness (QED) is 0.378. The molecule has 26 heavy (non-hydrogen) atoms. The van der Waals surface area contributed by atoms with Gasteiger partial charge in [-0.15, -0.1) is 0 Å². The number of esters is 1. The third-order valence-electron chi connectivity index (χ3n) is 3.61. The molecule has 0 N–H and O–H groups in total. The third kappa shape index (κ3) is 3.69. The molecule has 0 aliphatic rings. The summed E-state index contributed by atoms with van der Waals surface area (Å²) in [6.45, 7) is -0.162. The standard InChI is InChI=1S/C18H14N2O6/c1-24-14-8-6-12(7-9-14)17-10-13(19-26-17)11-25-18(21)15-4-2-3-5-16(15)20(22)23/h2-10H,11H2,1H3. The van der Waals surface area contributed by atoms with Gasteiger partial charge in [0.1, 0.15) is 23.6 Å². The first-order chi connectivity index (χ1) is 12.6. The van der Waals surface area contributed by atoms with Gasteiger partial charge in [0.25, 0.3) is 5.69 Å². The molecule has 2 aromatic carbocycles. The molecule has 0 saturated carbocycles. The van der Waals surface area contributed by atoms with E-state index in [2.05, 4.69) is 5.16 Å². The minimum absolute atomic E-state index is 0.114. The summed E-state index contributed by atoms with van der Waals surface area (Å²) in [5.41, 5.74) is 0.755. The number of ether oxygens (including phenoxy) is 2. The molecule has 0 spiro atoms. The molecular formula is C18H14N2O6. The molecule has 0 saturated heterocycles. The van der Waals surface area contributed by atoms with Crippen LogP contribution >= 0.6 is 0 Å². The van der Waals surface area contributed by atoms with Crippen molar-refractivity contribution in [1.82, 2.24) is 5.16 Å². The molecule has 1 aromatic heterocycles. The van der Waals surface area contributed by atoms with E-state index in [1.165, 1.54) is 24.3 Å². The van der Waals surface area contributed by atoms with E-state index in [9.17, 15) is 14.9 Å². The molecule has 8 heteroatoms. The predicted octanol–water partition coefficient (Wildman–Crippen LogP) is 3.62. The summed E-state index contributed by atoms with van der Waals surface area (Å²) in [5, 5.41) is 14.8. The second-order valence-electron chi connectivity index (χ2n) is 5.26. The van der Waals surface area contributed by atoms with E-state index < -0.39 is 10.9 Å². The Morgan fingerprint density at radius 2 is 1.92 bits per heavy atom. The van der Waals surface area contributed by atoms with Crippen molar-refractivity contribution in [3.05, 3.63) is 76.0 Å². The van der Waals surface area contributed by atoms with E-state index in [0.717, 1.165) is 5.56 Å². The molecule has 3 aromatic rings. The largest absolute Gasteiger partial charge is 0.497 e. The van der Waals surface area contributed by atoms with Gasteiger partial charge in [-0.3, -0.25) is 10.1 Å². The van der Waals surface area contributed by atoms with Gasteiger partial charge >= 0.3 is 5.97 Å². The SMILES string of the molecule is COc1ccc(-c2cc(COC(=O)c3ccccc3[N+](=O)[O-])no2)cc1. The maximum absolute atomic E-state index is 12.1. The summed E-state index contributed by atoms with van der Waals surface area (Å²) in [6, 6.07) is 14.4. The molecule has 0 amide bonds. The lowest BCUT2D eigenvalue weighted by molar-refractivity contribution is -0.385. The van der Waals surface area contributed by atoms with Crippen molar-refractivity contribution in [3.8, 4) is 17.1 Å². The maximum atomic E-state index is 12.1. The van der Waals surface area contributed by atoms with Crippen LogP contribution in [0.5, 0.6) is 5.75 Å². The molecule has 8 nitrogen and oxygen atoms in total. The van der Waals surface area contributed by atoms with Gasteiger partial charge < -0.3 is 14.0 Å². The minimum Gasteiger partial charge on any atom is -0.497 e. The minimum atomic E-state index is -0.800. The first-order valence-electron chi connectivity index (χ1n) is 7.59. The van der Waals surface area contributed by atoms with Crippen molar-refractivity contribution in [3.63, 3.8) is 0 Å². The van der Waals surface area contributed by atoms with Crippen LogP contribution in [0, 0.1) is 10.1 Å². The fraction of sp³-hybridized carbons (Fsp3) is 0.111. The lowest BCUT2D eigenvalue weighted by Gasteiger charge is -2.03. The fourth-order valence-corrected chi connectivity index (χ4v) is 2.29. The summed E-state index contributed by atoms with van der Waals surface area (Å²) in [6.07, 6.45) is 0. The van der Waals surface area contributed by atoms with Gasteiger partial charge in [0, 0.05) is 17.7 Å². The Bertz CT molecular complexity index is 933. The number of para-hydroxylation sites is 1. The molecule has 0 aliphatic carbocycles. The number of hydrogen-bond donors (Lipinski definition) is 0. The first kappa shape index (κ1) is 17.2. The summed E-state index contributed by atoms with van der Waals surface area (Å²) < 4.78 is 15.4. The number of nitro groups is 1. The smallest absolute Gasteiger partial charge is 0.345 e. The van der Waals surface area contributed by atoms with E-state index in [4.69, 9.17) is 14.0 Å². The molecule has 0 fully saturated rings. The second kappa shape index (κ2) is 7.47. The fourth-order valence-electron chi connectivity index (χ4n) is 2.29. The molecule has 0 atom stereocenters. The van der Waals surface area contributed by atoms with Crippen LogP contribution in [-0.4, -0.2) is 23.2 Å². The van der Waals surface area contributed by atoms with Crippen LogP contribution in [0.1, 0.15) is 16.1 Å². The van der Waals surface area contributed by atoms with Crippen LogP contribution in [-0.2, 0) is 11.3 Å². The number of hydrogen-bond acceptors (Lipinski definition) is 7. The van der Waals surface area contributed by atoms with Crippen LogP contribution < -0.4 is 4.74 Å². The van der Waals surface area contributed by atoms with Crippen LogP contribution in [0.15, 0.2) is 59.1 Å². The van der Waals surface area contributed by atoms with E-state index in [1.807, 2.05) is 12.1 Å². The normalized spacial score (nSPS) is 10.3. The second-order valence-corrected chi connectivity index (χ2v) is 5.26. The number of methoxy groups -OCH3 is 1.